The number of carbonyl (C=O) groups excluding carboxylic acids is 1. The van der Waals surface area contributed by atoms with Gasteiger partial charge >= 0.3 is 6.03 Å². The second kappa shape index (κ2) is 7.78. The van der Waals surface area contributed by atoms with Crippen molar-refractivity contribution in [1.82, 2.24) is 15.0 Å². The first-order valence-electron chi connectivity index (χ1n) is 10.1. The SMILES string of the molecule is O=C(Nc1ccccc1F)N1CCC(Oc2ccc(-c3noc(C4CC4)n3)cc2)C1. The molecule has 0 spiro atoms. The molecule has 1 aromatic heterocycles. The zero-order chi connectivity index (χ0) is 20.5. The molecule has 1 unspecified atom stereocenters. The van der Waals surface area contributed by atoms with Gasteiger partial charge < -0.3 is 19.5 Å². The zero-order valence-corrected chi connectivity index (χ0v) is 16.3. The Kier molecular flexibility index (Phi) is 4.82. The summed E-state index contributed by atoms with van der Waals surface area (Å²) in [7, 11) is 0. The molecule has 2 heterocycles. The minimum Gasteiger partial charge on any atom is -0.489 e. The van der Waals surface area contributed by atoms with Gasteiger partial charge in [-0.05, 0) is 49.2 Å². The molecule has 3 aromatic rings. The van der Waals surface area contributed by atoms with Gasteiger partial charge in [0.1, 0.15) is 17.7 Å². The summed E-state index contributed by atoms with van der Waals surface area (Å²) >= 11 is 0. The van der Waals surface area contributed by atoms with E-state index in [0.717, 1.165) is 18.4 Å². The summed E-state index contributed by atoms with van der Waals surface area (Å²) in [5.41, 5.74) is 1.05. The molecule has 2 amide bonds. The van der Waals surface area contributed by atoms with Crippen LogP contribution >= 0.6 is 0 Å². The van der Waals surface area contributed by atoms with Crippen LogP contribution in [0, 0.1) is 5.82 Å². The van der Waals surface area contributed by atoms with Crippen molar-refractivity contribution in [2.75, 3.05) is 18.4 Å². The quantitative estimate of drug-likeness (QED) is 0.675. The summed E-state index contributed by atoms with van der Waals surface area (Å²) in [5, 5.41) is 6.66. The zero-order valence-electron chi connectivity index (χ0n) is 16.3. The van der Waals surface area contributed by atoms with Gasteiger partial charge in [0.15, 0.2) is 0 Å². The highest BCUT2D eigenvalue weighted by Crippen LogP contribution is 2.39. The molecule has 2 aromatic carbocycles. The molecule has 30 heavy (non-hydrogen) atoms. The summed E-state index contributed by atoms with van der Waals surface area (Å²) < 4.78 is 25.0. The van der Waals surface area contributed by atoms with Gasteiger partial charge in [-0.25, -0.2) is 9.18 Å². The average molecular weight is 408 g/mol. The van der Waals surface area contributed by atoms with E-state index in [0.29, 0.717) is 42.9 Å². The van der Waals surface area contributed by atoms with Crippen molar-refractivity contribution in [3.8, 4) is 17.1 Å². The van der Waals surface area contributed by atoms with Crippen molar-refractivity contribution in [3.63, 3.8) is 0 Å². The number of anilines is 1. The van der Waals surface area contributed by atoms with E-state index in [1.54, 1.807) is 17.0 Å². The van der Waals surface area contributed by atoms with Crippen LogP contribution in [0.2, 0.25) is 0 Å². The van der Waals surface area contributed by atoms with Crippen LogP contribution in [0.15, 0.2) is 53.1 Å². The third-order valence-corrected chi connectivity index (χ3v) is 5.33. The average Bonchev–Trinajstić information content (AvgIpc) is 3.30. The Labute approximate surface area is 172 Å². The molecule has 1 aliphatic heterocycles. The fourth-order valence-electron chi connectivity index (χ4n) is 3.49. The van der Waals surface area contributed by atoms with Crippen LogP contribution in [0.1, 0.15) is 31.1 Å². The van der Waals surface area contributed by atoms with Crippen LogP contribution in [0.5, 0.6) is 5.75 Å². The van der Waals surface area contributed by atoms with E-state index in [1.807, 2.05) is 24.3 Å². The minimum atomic E-state index is -0.455. The van der Waals surface area contributed by atoms with Crippen LogP contribution in [-0.2, 0) is 0 Å². The molecule has 1 atom stereocenters. The van der Waals surface area contributed by atoms with Crippen LogP contribution in [0.3, 0.4) is 0 Å². The standard InChI is InChI=1S/C22H21FN4O3/c23-18-3-1-2-4-19(18)24-22(28)27-12-11-17(13-27)29-16-9-7-14(8-10-16)20-25-21(30-26-20)15-5-6-15/h1-4,7-10,15,17H,5-6,11-13H2,(H,24,28). The first-order valence-corrected chi connectivity index (χ1v) is 10.1. The van der Waals surface area contributed by atoms with E-state index in [4.69, 9.17) is 9.26 Å². The number of likely N-dealkylation sites (tertiary alicyclic amines) is 1. The highest BCUT2D eigenvalue weighted by atomic mass is 19.1. The molecule has 7 nitrogen and oxygen atoms in total. The summed E-state index contributed by atoms with van der Waals surface area (Å²) in [5.74, 6) is 1.98. The van der Waals surface area contributed by atoms with E-state index >= 15 is 0 Å². The number of rotatable bonds is 5. The molecule has 0 bridgehead atoms. The van der Waals surface area contributed by atoms with Gasteiger partial charge in [0.2, 0.25) is 11.7 Å². The third kappa shape index (κ3) is 3.98. The number of para-hydroxylation sites is 1. The predicted molar refractivity (Wildman–Crippen MR) is 108 cm³/mol. The van der Waals surface area contributed by atoms with Crippen molar-refractivity contribution in [2.45, 2.75) is 31.3 Å². The third-order valence-electron chi connectivity index (χ3n) is 5.33. The lowest BCUT2D eigenvalue weighted by molar-refractivity contribution is 0.195. The number of halogens is 1. The number of carbonyl (C=O) groups is 1. The van der Waals surface area contributed by atoms with Gasteiger partial charge in [0.25, 0.3) is 0 Å². The molecular weight excluding hydrogens is 387 g/mol. The molecule has 8 heteroatoms. The number of aromatic nitrogens is 2. The van der Waals surface area contributed by atoms with Gasteiger partial charge in [-0.2, -0.15) is 4.98 Å². The van der Waals surface area contributed by atoms with Gasteiger partial charge in [0, 0.05) is 24.4 Å². The number of nitrogens with zero attached hydrogens (tertiary/aromatic N) is 3. The highest BCUT2D eigenvalue weighted by molar-refractivity contribution is 5.89. The Hall–Kier alpha value is -3.42. The van der Waals surface area contributed by atoms with Crippen molar-refractivity contribution >= 4 is 11.7 Å². The fourth-order valence-corrected chi connectivity index (χ4v) is 3.49. The van der Waals surface area contributed by atoms with Crippen LogP contribution in [0.4, 0.5) is 14.9 Å². The Bertz CT molecular complexity index is 1050. The van der Waals surface area contributed by atoms with Crippen molar-refractivity contribution in [1.29, 1.82) is 0 Å². The molecule has 1 N–H and O–H groups in total. The predicted octanol–water partition coefficient (Wildman–Crippen LogP) is 4.44. The van der Waals surface area contributed by atoms with Crippen molar-refractivity contribution < 1.29 is 18.4 Å². The molecule has 1 saturated carbocycles. The summed E-state index contributed by atoms with van der Waals surface area (Å²) in [6.45, 7) is 0.994. The maximum atomic E-state index is 13.7. The van der Waals surface area contributed by atoms with Gasteiger partial charge in [-0.15, -0.1) is 0 Å². The lowest BCUT2D eigenvalue weighted by Crippen LogP contribution is -2.34. The molecule has 1 aliphatic carbocycles. The summed E-state index contributed by atoms with van der Waals surface area (Å²) in [6.07, 6.45) is 2.83. The second-order valence-electron chi connectivity index (χ2n) is 7.64. The largest absolute Gasteiger partial charge is 0.489 e. The summed E-state index contributed by atoms with van der Waals surface area (Å²) in [6, 6.07) is 13.3. The molecule has 154 valence electrons. The Morgan fingerprint density at radius 1 is 1.13 bits per heavy atom. The minimum absolute atomic E-state index is 0.117. The maximum absolute atomic E-state index is 13.7. The second-order valence-corrected chi connectivity index (χ2v) is 7.64. The van der Waals surface area contributed by atoms with Crippen LogP contribution < -0.4 is 10.1 Å². The first kappa shape index (κ1) is 18.6. The number of nitrogens with one attached hydrogen (secondary N) is 1. The molecule has 0 radical (unpaired) electrons. The number of hydrogen-bond donors (Lipinski definition) is 1. The van der Waals surface area contributed by atoms with Gasteiger partial charge in [-0.3, -0.25) is 0 Å². The summed E-state index contributed by atoms with van der Waals surface area (Å²) in [4.78, 5) is 18.5. The Morgan fingerprint density at radius 2 is 1.93 bits per heavy atom. The fraction of sp³-hybridized carbons (Fsp3) is 0.318. The van der Waals surface area contributed by atoms with Gasteiger partial charge in [-0.1, -0.05) is 17.3 Å². The normalized spacial score (nSPS) is 18.4. The topological polar surface area (TPSA) is 80.5 Å². The Morgan fingerprint density at radius 3 is 2.70 bits per heavy atom. The highest BCUT2D eigenvalue weighted by Gasteiger charge is 2.30. The first-order chi connectivity index (χ1) is 14.7. The number of benzene rings is 2. The number of ether oxygens (including phenoxy) is 1. The van der Waals surface area contributed by atoms with Crippen LogP contribution in [-0.4, -0.2) is 40.3 Å². The molecular formula is C22H21FN4O3. The molecule has 2 fully saturated rings. The van der Waals surface area contributed by atoms with E-state index in [1.165, 1.54) is 12.1 Å². The monoisotopic (exact) mass is 408 g/mol. The lowest BCUT2D eigenvalue weighted by atomic mass is 10.2. The van der Waals surface area contributed by atoms with Crippen molar-refractivity contribution in [2.24, 2.45) is 0 Å². The Balaban J connectivity index is 1.16. The number of urea groups is 1. The number of amides is 2. The van der Waals surface area contributed by atoms with Crippen molar-refractivity contribution in [3.05, 3.63) is 60.2 Å². The molecule has 5 rings (SSSR count). The van der Waals surface area contributed by atoms with Crippen LogP contribution in [0.25, 0.3) is 11.4 Å². The molecule has 2 aliphatic rings. The van der Waals surface area contributed by atoms with E-state index in [-0.39, 0.29) is 17.8 Å². The number of hydrogen-bond acceptors (Lipinski definition) is 5. The van der Waals surface area contributed by atoms with Gasteiger partial charge in [0.05, 0.1) is 12.2 Å². The molecule has 1 saturated heterocycles. The van der Waals surface area contributed by atoms with E-state index < -0.39 is 5.82 Å². The lowest BCUT2D eigenvalue weighted by Gasteiger charge is -2.18. The maximum Gasteiger partial charge on any atom is 0.322 e. The van der Waals surface area contributed by atoms with E-state index in [9.17, 15) is 9.18 Å². The van der Waals surface area contributed by atoms with E-state index in [2.05, 4.69) is 15.5 Å². The smallest absolute Gasteiger partial charge is 0.322 e.